The molecule has 2 fully saturated rings. The van der Waals surface area contributed by atoms with Crippen LogP contribution in [0.2, 0.25) is 0 Å². The second kappa shape index (κ2) is 10.7. The number of amides is 1. The maximum atomic E-state index is 13.8. The van der Waals surface area contributed by atoms with Crippen LogP contribution in [-0.4, -0.2) is 81.8 Å². The van der Waals surface area contributed by atoms with Crippen LogP contribution in [-0.2, 0) is 27.3 Å². The van der Waals surface area contributed by atoms with Crippen LogP contribution in [0.4, 0.5) is 4.39 Å². The summed E-state index contributed by atoms with van der Waals surface area (Å²) < 4.78 is 9.50. The Morgan fingerprint density at radius 1 is 1.15 bits per heavy atom. The smallest absolute Gasteiger partial charge is 0.255 e. The molecule has 2 saturated carbocycles. The Kier molecular flexibility index (Phi) is 7.89. The van der Waals surface area contributed by atoms with Crippen molar-refractivity contribution in [3.63, 3.8) is 0 Å². The van der Waals surface area contributed by atoms with Gasteiger partial charge in [0.15, 0.2) is 11.4 Å². The highest BCUT2D eigenvalue weighted by Gasteiger charge is 2.64. The maximum Gasteiger partial charge on any atom is 0.255 e. The van der Waals surface area contributed by atoms with Crippen molar-refractivity contribution in [1.82, 2.24) is 10.2 Å². The van der Waals surface area contributed by atoms with Crippen LogP contribution in [0.1, 0.15) is 48.8 Å². The SMILES string of the molecule is CF.CN(C)C1C(=O)C(C(N)=O)=C(O)[C@@]2(O)C(=O)C3=C(O)c4c(O)ccc(CNC5CCCC5)c4C[C@H]3C[C@@H]12. The summed E-state index contributed by atoms with van der Waals surface area (Å²) in [4.78, 5) is 40.6. The van der Waals surface area contributed by atoms with Gasteiger partial charge in [-0.25, -0.2) is 0 Å². The number of aromatic hydroxyl groups is 1. The third-order valence-electron chi connectivity index (χ3n) is 8.64. The molecule has 4 aliphatic rings. The molecule has 0 radical (unpaired) electrons. The molecule has 10 nitrogen and oxygen atoms in total. The lowest BCUT2D eigenvalue weighted by molar-refractivity contribution is -0.153. The Morgan fingerprint density at radius 2 is 1.79 bits per heavy atom. The van der Waals surface area contributed by atoms with Gasteiger partial charge in [-0.15, -0.1) is 0 Å². The standard InChI is InChI=1S/C27H33N3O7.CH3F/c1-30(2)21-16-10-13-9-15-12(11-29-14-5-3-4-6-14)7-8-17(31)19(15)22(32)18(13)24(34)27(16,37)25(35)20(23(21)33)26(28)36;1-2/h7-8,13-14,16,21,29,31-32,35,37H,3-6,9-11H2,1-2H3,(H2,28,36);1H3/t13-,16-,21?,27-;/m0./s1. The van der Waals surface area contributed by atoms with Gasteiger partial charge >= 0.3 is 0 Å². The first kappa shape index (κ1) is 28.7. The first-order chi connectivity index (χ1) is 18.5. The minimum atomic E-state index is -2.62. The number of benzene rings is 1. The lowest BCUT2D eigenvalue weighted by atomic mass is 9.57. The Labute approximate surface area is 226 Å². The average Bonchev–Trinajstić information content (AvgIpc) is 3.40. The molecule has 1 aromatic rings. The normalized spacial score (nSPS) is 28.6. The van der Waals surface area contributed by atoms with Crippen LogP contribution >= 0.6 is 0 Å². The number of halogens is 1. The molecule has 1 amide bonds. The minimum Gasteiger partial charge on any atom is -0.508 e. The van der Waals surface area contributed by atoms with Crippen LogP contribution in [0.25, 0.3) is 5.76 Å². The first-order valence-electron chi connectivity index (χ1n) is 13.1. The highest BCUT2D eigenvalue weighted by molar-refractivity contribution is 6.24. The first-order valence-corrected chi connectivity index (χ1v) is 13.1. The van der Waals surface area contributed by atoms with Crippen molar-refractivity contribution < 1.29 is 39.2 Å². The number of alkyl halides is 1. The molecule has 0 aliphatic heterocycles. The van der Waals surface area contributed by atoms with E-state index < -0.39 is 58.0 Å². The number of ketones is 2. The molecular formula is C28H36FN3O7. The average molecular weight is 546 g/mol. The lowest BCUT2D eigenvalue weighted by Crippen LogP contribution is -2.65. The van der Waals surface area contributed by atoms with Gasteiger partial charge in [-0.05, 0) is 62.9 Å². The van der Waals surface area contributed by atoms with Gasteiger partial charge in [0.05, 0.1) is 18.8 Å². The van der Waals surface area contributed by atoms with Gasteiger partial charge in [0, 0.05) is 24.1 Å². The molecule has 11 heteroatoms. The zero-order chi connectivity index (χ0) is 28.8. The van der Waals surface area contributed by atoms with E-state index in [-0.39, 0.29) is 23.3 Å². The number of nitrogens with two attached hydrogens (primary N) is 1. The predicted octanol–water partition coefficient (Wildman–Crippen LogP) is 1.58. The lowest BCUT2D eigenvalue weighted by Gasteiger charge is -2.50. The zero-order valence-corrected chi connectivity index (χ0v) is 22.3. The number of hydrogen-bond acceptors (Lipinski definition) is 9. The number of nitrogens with one attached hydrogen (secondary N) is 1. The van der Waals surface area contributed by atoms with Crippen LogP contribution < -0.4 is 11.1 Å². The second-order valence-electron chi connectivity index (χ2n) is 10.9. The molecule has 4 aliphatic carbocycles. The quantitative estimate of drug-likeness (QED) is 0.300. The molecule has 212 valence electrons. The summed E-state index contributed by atoms with van der Waals surface area (Å²) in [5.41, 5.74) is 3.50. The van der Waals surface area contributed by atoms with Gasteiger partial charge < -0.3 is 31.5 Å². The topological polar surface area (TPSA) is 173 Å². The van der Waals surface area contributed by atoms with E-state index in [9.17, 15) is 39.2 Å². The van der Waals surface area contributed by atoms with E-state index in [1.165, 1.54) is 23.8 Å². The Morgan fingerprint density at radius 3 is 2.38 bits per heavy atom. The highest BCUT2D eigenvalue weighted by atomic mass is 19.1. The van der Waals surface area contributed by atoms with Gasteiger partial charge in [0.25, 0.3) is 5.91 Å². The molecule has 39 heavy (non-hydrogen) atoms. The zero-order valence-electron chi connectivity index (χ0n) is 22.3. The van der Waals surface area contributed by atoms with Gasteiger partial charge in [-0.2, -0.15) is 0 Å². The van der Waals surface area contributed by atoms with Crippen molar-refractivity contribution in [2.45, 2.75) is 62.8 Å². The number of carbonyl (C=O) groups excluding carboxylic acids is 3. The summed E-state index contributed by atoms with van der Waals surface area (Å²) in [5, 5.41) is 48.1. The number of fused-ring (bicyclic) bond motifs is 3. The van der Waals surface area contributed by atoms with Gasteiger partial charge in [-0.1, -0.05) is 18.9 Å². The molecule has 1 aromatic carbocycles. The number of Topliss-reactive ketones (excluding diaryl/α,β-unsaturated/α-hetero) is 2. The third kappa shape index (κ3) is 4.42. The number of aliphatic hydroxyl groups excluding tert-OH is 2. The largest absolute Gasteiger partial charge is 0.508 e. The fourth-order valence-corrected chi connectivity index (χ4v) is 6.86. The number of phenols is 1. The van der Waals surface area contributed by atoms with Crippen molar-refractivity contribution in [2.75, 3.05) is 21.3 Å². The number of aliphatic hydroxyl groups is 3. The summed E-state index contributed by atoms with van der Waals surface area (Å²) in [6, 6.07) is 2.58. The Bertz CT molecular complexity index is 1270. The minimum absolute atomic E-state index is 0.0803. The third-order valence-corrected chi connectivity index (χ3v) is 8.64. The van der Waals surface area contributed by atoms with E-state index in [4.69, 9.17) is 5.73 Å². The summed E-state index contributed by atoms with van der Waals surface area (Å²) in [5.74, 6) is -6.41. The number of hydrogen-bond donors (Lipinski definition) is 6. The molecule has 0 heterocycles. The maximum absolute atomic E-state index is 13.8. The fourth-order valence-electron chi connectivity index (χ4n) is 6.86. The monoisotopic (exact) mass is 545 g/mol. The van der Waals surface area contributed by atoms with Gasteiger partial charge in [0.2, 0.25) is 5.78 Å². The number of phenolic OH excluding ortho intramolecular Hbond substituents is 1. The molecule has 1 unspecified atom stereocenters. The summed E-state index contributed by atoms with van der Waals surface area (Å²) in [6.45, 7) is 0.536. The van der Waals surface area contributed by atoms with Crippen molar-refractivity contribution in [3.8, 4) is 5.75 Å². The van der Waals surface area contributed by atoms with Crippen molar-refractivity contribution in [3.05, 3.63) is 45.7 Å². The van der Waals surface area contributed by atoms with Crippen molar-refractivity contribution in [1.29, 1.82) is 0 Å². The summed E-state index contributed by atoms with van der Waals surface area (Å²) in [6.07, 6.45) is 4.92. The van der Waals surface area contributed by atoms with E-state index in [1.54, 1.807) is 20.2 Å². The molecule has 0 bridgehead atoms. The van der Waals surface area contributed by atoms with Crippen molar-refractivity contribution >= 4 is 23.2 Å². The second-order valence-corrected chi connectivity index (χ2v) is 10.9. The van der Waals surface area contributed by atoms with Crippen LogP contribution in [0.3, 0.4) is 0 Å². The molecular weight excluding hydrogens is 509 g/mol. The Hall–Kier alpha value is -3.28. The van der Waals surface area contributed by atoms with E-state index in [2.05, 4.69) is 5.32 Å². The fraction of sp³-hybridized carbons (Fsp3) is 0.536. The van der Waals surface area contributed by atoms with Gasteiger partial charge in [-0.3, -0.25) is 23.7 Å². The van der Waals surface area contributed by atoms with E-state index >= 15 is 0 Å². The van der Waals surface area contributed by atoms with Crippen LogP contribution in [0.15, 0.2) is 29.0 Å². The van der Waals surface area contributed by atoms with E-state index in [1.807, 2.05) is 0 Å². The van der Waals surface area contributed by atoms with Crippen LogP contribution in [0, 0.1) is 11.8 Å². The molecule has 7 N–H and O–H groups in total. The predicted molar refractivity (Wildman–Crippen MR) is 140 cm³/mol. The number of likely N-dealkylation sites (N-methyl/N-ethyl adjacent to an activating group) is 1. The molecule has 5 rings (SSSR count). The van der Waals surface area contributed by atoms with Crippen LogP contribution in [0.5, 0.6) is 5.75 Å². The summed E-state index contributed by atoms with van der Waals surface area (Å²) >= 11 is 0. The number of rotatable bonds is 5. The molecule has 0 saturated heterocycles. The van der Waals surface area contributed by atoms with E-state index in [0.29, 0.717) is 31.7 Å². The molecule has 4 atom stereocenters. The summed E-state index contributed by atoms with van der Waals surface area (Å²) in [7, 11) is 3.66. The molecule has 0 aromatic heterocycles. The van der Waals surface area contributed by atoms with E-state index in [0.717, 1.165) is 18.4 Å². The number of carbonyl (C=O) groups is 3. The molecule has 0 spiro atoms. The van der Waals surface area contributed by atoms with Crippen molar-refractivity contribution in [2.24, 2.45) is 17.6 Å². The Balaban J connectivity index is 0.00000172. The van der Waals surface area contributed by atoms with Gasteiger partial charge in [0.1, 0.15) is 22.8 Å². The number of primary amides is 1. The highest BCUT2D eigenvalue weighted by Crippen LogP contribution is 2.52. The number of nitrogens with zero attached hydrogens (tertiary/aromatic N) is 1.